The van der Waals surface area contributed by atoms with Gasteiger partial charge in [-0.05, 0) is 36.8 Å². The van der Waals surface area contributed by atoms with Crippen molar-refractivity contribution in [1.82, 2.24) is 18.8 Å². The predicted octanol–water partition coefficient (Wildman–Crippen LogP) is 1.64. The molecule has 27 heavy (non-hydrogen) atoms. The molecule has 2 aromatic rings. The van der Waals surface area contributed by atoms with E-state index in [-0.39, 0.29) is 5.92 Å². The Labute approximate surface area is 160 Å². The summed E-state index contributed by atoms with van der Waals surface area (Å²) < 4.78 is 38.1. The van der Waals surface area contributed by atoms with E-state index < -0.39 is 10.2 Å². The Hall–Kier alpha value is -2.10. The van der Waals surface area contributed by atoms with Crippen LogP contribution in [0.25, 0.3) is 0 Å². The van der Waals surface area contributed by atoms with Crippen LogP contribution in [0.3, 0.4) is 0 Å². The van der Waals surface area contributed by atoms with Gasteiger partial charge in [-0.1, -0.05) is 0 Å². The van der Waals surface area contributed by atoms with E-state index in [1.165, 1.54) is 8.61 Å². The van der Waals surface area contributed by atoms with Gasteiger partial charge in [-0.15, -0.1) is 0 Å². The zero-order valence-corrected chi connectivity index (χ0v) is 16.7. The summed E-state index contributed by atoms with van der Waals surface area (Å²) in [6.07, 6.45) is 1.48. The number of hydrogen-bond donors (Lipinski definition) is 1. The fourth-order valence-corrected chi connectivity index (χ4v) is 4.24. The van der Waals surface area contributed by atoms with Gasteiger partial charge in [-0.2, -0.15) is 22.1 Å². The van der Waals surface area contributed by atoms with Crippen molar-refractivity contribution < 1.29 is 17.9 Å². The highest BCUT2D eigenvalue weighted by Crippen LogP contribution is 2.28. The van der Waals surface area contributed by atoms with Gasteiger partial charge in [0.25, 0.3) is 10.2 Å². The highest BCUT2D eigenvalue weighted by Gasteiger charge is 2.34. The second-order valence-electron chi connectivity index (χ2n) is 6.73. The molecule has 1 aromatic heterocycles. The Kier molecular flexibility index (Phi) is 6.03. The Balaban J connectivity index is 1.51. The molecule has 0 spiro atoms. The number of aromatic nitrogens is 2. The van der Waals surface area contributed by atoms with E-state index in [2.05, 4.69) is 10.2 Å². The van der Waals surface area contributed by atoms with Gasteiger partial charge in [0.1, 0.15) is 11.5 Å². The number of nitrogens with one attached hydrogen (secondary N) is 1. The first-order valence-corrected chi connectivity index (χ1v) is 10.3. The van der Waals surface area contributed by atoms with E-state index in [1.807, 2.05) is 30.3 Å². The molecule has 148 valence electrons. The molecule has 0 aliphatic carbocycles. The van der Waals surface area contributed by atoms with Crippen molar-refractivity contribution in [2.24, 2.45) is 0 Å². The molecule has 1 N–H and O–H groups in total. The molecule has 2 heterocycles. The summed E-state index contributed by atoms with van der Waals surface area (Å²) in [6, 6.07) is 9.47. The Bertz CT molecular complexity index is 849. The number of methoxy groups -OCH3 is 1. The first-order valence-electron chi connectivity index (χ1n) is 8.89. The van der Waals surface area contributed by atoms with E-state index in [4.69, 9.17) is 9.47 Å². The second-order valence-corrected chi connectivity index (χ2v) is 8.87. The van der Waals surface area contributed by atoms with Crippen molar-refractivity contribution in [1.29, 1.82) is 0 Å². The zero-order chi connectivity index (χ0) is 19.4. The molecular formula is C18H26N4O4S. The van der Waals surface area contributed by atoms with Gasteiger partial charge in [0.15, 0.2) is 0 Å². The molecular weight excluding hydrogens is 368 g/mol. The summed E-state index contributed by atoms with van der Waals surface area (Å²) in [4.78, 5) is 0. The van der Waals surface area contributed by atoms with Crippen LogP contribution in [0.1, 0.15) is 23.7 Å². The highest BCUT2D eigenvalue weighted by molar-refractivity contribution is 7.86. The van der Waals surface area contributed by atoms with Crippen molar-refractivity contribution in [3.63, 3.8) is 0 Å². The lowest BCUT2D eigenvalue weighted by Crippen LogP contribution is -2.38. The molecule has 3 rings (SSSR count). The average molecular weight is 394 g/mol. The summed E-state index contributed by atoms with van der Waals surface area (Å²) in [5, 5.41) is 7.41. The third kappa shape index (κ3) is 4.60. The lowest BCUT2D eigenvalue weighted by molar-refractivity contribution is 0.319. The molecule has 1 saturated heterocycles. The average Bonchev–Trinajstić information content (AvgIpc) is 3.32. The highest BCUT2D eigenvalue weighted by atomic mass is 32.2. The summed E-state index contributed by atoms with van der Waals surface area (Å²) in [6.45, 7) is 1.51. The van der Waals surface area contributed by atoms with E-state index in [9.17, 15) is 8.42 Å². The van der Waals surface area contributed by atoms with Gasteiger partial charge in [0, 0.05) is 45.2 Å². The minimum absolute atomic E-state index is 0.118. The van der Waals surface area contributed by atoms with Gasteiger partial charge in [-0.3, -0.25) is 5.10 Å². The first-order chi connectivity index (χ1) is 12.9. The number of benzene rings is 1. The van der Waals surface area contributed by atoms with Crippen molar-refractivity contribution >= 4 is 10.2 Å². The molecule has 1 aromatic carbocycles. The van der Waals surface area contributed by atoms with Crippen LogP contribution >= 0.6 is 0 Å². The topological polar surface area (TPSA) is 87.8 Å². The monoisotopic (exact) mass is 394 g/mol. The van der Waals surface area contributed by atoms with Gasteiger partial charge in [-0.25, -0.2) is 0 Å². The van der Waals surface area contributed by atoms with Gasteiger partial charge >= 0.3 is 0 Å². The minimum atomic E-state index is -3.36. The van der Waals surface area contributed by atoms with E-state index in [1.54, 1.807) is 21.2 Å². The maximum absolute atomic E-state index is 12.2. The van der Waals surface area contributed by atoms with Crippen molar-refractivity contribution in [3.05, 3.63) is 41.7 Å². The lowest BCUT2D eigenvalue weighted by atomic mass is 10.0. The summed E-state index contributed by atoms with van der Waals surface area (Å²) >= 11 is 0. The van der Waals surface area contributed by atoms with Crippen LogP contribution < -0.4 is 9.47 Å². The zero-order valence-electron chi connectivity index (χ0n) is 15.9. The summed E-state index contributed by atoms with van der Waals surface area (Å²) in [5.74, 6) is 1.70. The standard InChI is InChI=1S/C18H26N4O4S/c1-21(2)27(23,24)22-10-8-14(13-22)18-12-15(19-20-18)9-11-26-17-6-4-16(25-3)5-7-17/h4-7,12,14H,8-11,13H2,1-3H3,(H,19,20)/t14-/m0/s1. The smallest absolute Gasteiger partial charge is 0.281 e. The first kappa shape index (κ1) is 19.7. The predicted molar refractivity (Wildman–Crippen MR) is 102 cm³/mol. The fourth-order valence-electron chi connectivity index (χ4n) is 3.08. The number of nitrogens with zero attached hydrogens (tertiary/aromatic N) is 3. The van der Waals surface area contributed by atoms with E-state index in [0.717, 1.165) is 29.3 Å². The Morgan fingerprint density at radius 1 is 1.26 bits per heavy atom. The molecule has 9 heteroatoms. The number of aromatic amines is 1. The third-order valence-electron chi connectivity index (χ3n) is 4.71. The maximum atomic E-state index is 12.2. The SMILES string of the molecule is COc1ccc(OCCc2cc([C@H]3CCN(S(=O)(=O)N(C)C)C3)n[nH]2)cc1. The van der Waals surface area contributed by atoms with Gasteiger partial charge < -0.3 is 9.47 Å². The van der Waals surface area contributed by atoms with E-state index >= 15 is 0 Å². The Morgan fingerprint density at radius 2 is 1.96 bits per heavy atom. The van der Waals surface area contributed by atoms with E-state index in [0.29, 0.717) is 26.1 Å². The van der Waals surface area contributed by atoms with Crippen LogP contribution in [0, 0.1) is 0 Å². The molecule has 0 radical (unpaired) electrons. The van der Waals surface area contributed by atoms with Crippen molar-refractivity contribution in [3.8, 4) is 11.5 Å². The number of H-pyrrole nitrogens is 1. The number of hydrogen-bond acceptors (Lipinski definition) is 5. The largest absolute Gasteiger partial charge is 0.497 e. The molecule has 0 amide bonds. The van der Waals surface area contributed by atoms with Crippen molar-refractivity contribution in [2.45, 2.75) is 18.8 Å². The molecule has 1 aliphatic heterocycles. The minimum Gasteiger partial charge on any atom is -0.497 e. The molecule has 1 aliphatic rings. The third-order valence-corrected chi connectivity index (χ3v) is 6.61. The molecule has 0 saturated carbocycles. The van der Waals surface area contributed by atoms with Crippen molar-refractivity contribution in [2.75, 3.05) is 40.9 Å². The number of ether oxygens (including phenoxy) is 2. The normalized spacial score (nSPS) is 18.1. The van der Waals surface area contributed by atoms with Gasteiger partial charge in [0.2, 0.25) is 0 Å². The quantitative estimate of drug-likeness (QED) is 0.735. The molecule has 8 nitrogen and oxygen atoms in total. The Morgan fingerprint density at radius 3 is 2.63 bits per heavy atom. The van der Waals surface area contributed by atoms with Crippen LogP contribution in [0.2, 0.25) is 0 Å². The van der Waals surface area contributed by atoms with Crippen LogP contribution in [-0.2, 0) is 16.6 Å². The summed E-state index contributed by atoms with van der Waals surface area (Å²) in [7, 11) is 1.38. The van der Waals surface area contributed by atoms with Gasteiger partial charge in [0.05, 0.1) is 19.4 Å². The summed E-state index contributed by atoms with van der Waals surface area (Å²) in [5.41, 5.74) is 1.89. The van der Waals surface area contributed by atoms with Crippen LogP contribution in [0.15, 0.2) is 30.3 Å². The molecule has 0 unspecified atom stereocenters. The second kappa shape index (κ2) is 8.28. The van der Waals surface area contributed by atoms with Crippen LogP contribution in [0.4, 0.5) is 0 Å². The number of rotatable bonds is 8. The molecule has 1 fully saturated rings. The maximum Gasteiger partial charge on any atom is 0.281 e. The molecule has 1 atom stereocenters. The van der Waals surface area contributed by atoms with Crippen LogP contribution in [-0.4, -0.2) is 68.1 Å². The lowest BCUT2D eigenvalue weighted by Gasteiger charge is -2.20. The molecule has 0 bridgehead atoms. The fraction of sp³-hybridized carbons (Fsp3) is 0.500. The van der Waals surface area contributed by atoms with Crippen LogP contribution in [0.5, 0.6) is 11.5 Å².